The van der Waals surface area contributed by atoms with Gasteiger partial charge in [-0.25, -0.2) is 0 Å². The predicted molar refractivity (Wildman–Crippen MR) is 97.3 cm³/mol. The van der Waals surface area contributed by atoms with Gasteiger partial charge in [0.25, 0.3) is 0 Å². The number of amides is 1. The molecule has 1 unspecified atom stereocenters. The second-order valence-corrected chi connectivity index (χ2v) is 5.87. The van der Waals surface area contributed by atoms with Gasteiger partial charge in [0.1, 0.15) is 0 Å². The van der Waals surface area contributed by atoms with Crippen LogP contribution in [0.4, 0.5) is 5.69 Å². The van der Waals surface area contributed by atoms with E-state index in [1.165, 1.54) is 11.3 Å². The van der Waals surface area contributed by atoms with Crippen molar-refractivity contribution in [2.24, 2.45) is 11.7 Å². The fourth-order valence-corrected chi connectivity index (χ4v) is 2.58. The average Bonchev–Trinajstić information content (AvgIpc) is 2.46. The molecule has 1 saturated heterocycles. The summed E-state index contributed by atoms with van der Waals surface area (Å²) >= 11 is 0. The van der Waals surface area contributed by atoms with E-state index < -0.39 is 0 Å². The van der Waals surface area contributed by atoms with Crippen LogP contribution in [0, 0.1) is 12.8 Å². The highest BCUT2D eigenvalue weighted by Gasteiger charge is 2.27. The summed E-state index contributed by atoms with van der Waals surface area (Å²) in [6, 6.07) is 8.02. The number of carbonyl (C=O) groups is 1. The maximum Gasteiger partial charge on any atom is 0.239 e. The maximum absolute atomic E-state index is 12.2. The van der Waals surface area contributed by atoms with Crippen molar-refractivity contribution in [3.63, 3.8) is 0 Å². The summed E-state index contributed by atoms with van der Waals surface area (Å²) in [5, 5.41) is 0. The van der Waals surface area contributed by atoms with Gasteiger partial charge in [0, 0.05) is 31.9 Å². The largest absolute Gasteiger partial charge is 0.368 e. The molecule has 1 amide bonds. The van der Waals surface area contributed by atoms with Gasteiger partial charge in [-0.15, -0.1) is 24.8 Å². The third-order valence-corrected chi connectivity index (χ3v) is 4.05. The molecule has 1 atom stereocenters. The Morgan fingerprint density at radius 2 is 1.64 bits per heavy atom. The fourth-order valence-electron chi connectivity index (χ4n) is 2.58. The Labute approximate surface area is 145 Å². The molecule has 1 heterocycles. The summed E-state index contributed by atoms with van der Waals surface area (Å²) in [4.78, 5) is 16.5. The predicted octanol–water partition coefficient (Wildman–Crippen LogP) is 2.47. The molecule has 2 N–H and O–H groups in total. The molecule has 126 valence electrons. The molecule has 0 saturated carbocycles. The molecule has 1 fully saturated rings. The van der Waals surface area contributed by atoms with E-state index in [0.717, 1.165) is 26.2 Å². The summed E-state index contributed by atoms with van der Waals surface area (Å²) in [7, 11) is 0. The lowest BCUT2D eigenvalue weighted by Gasteiger charge is -2.38. The molecule has 0 aliphatic carbocycles. The highest BCUT2D eigenvalue weighted by molar-refractivity contribution is 5.85. The summed E-state index contributed by atoms with van der Waals surface area (Å²) < 4.78 is 0. The third kappa shape index (κ3) is 4.77. The van der Waals surface area contributed by atoms with Crippen molar-refractivity contribution in [1.82, 2.24) is 4.90 Å². The van der Waals surface area contributed by atoms with Gasteiger partial charge in [0.05, 0.1) is 6.04 Å². The van der Waals surface area contributed by atoms with Gasteiger partial charge in [-0.1, -0.05) is 32.0 Å². The number of nitrogens with two attached hydrogens (primary N) is 1. The number of nitrogens with zero attached hydrogens (tertiary/aromatic N) is 2. The van der Waals surface area contributed by atoms with Crippen LogP contribution in [0.5, 0.6) is 0 Å². The Bertz CT molecular complexity index is 474. The SMILES string of the molecule is Cc1ccccc1N1CCN(C(=O)C(N)C(C)C)CC1.Cl.Cl. The Kier molecular flexibility index (Phi) is 8.83. The zero-order valence-corrected chi connectivity index (χ0v) is 15.1. The van der Waals surface area contributed by atoms with E-state index in [1.54, 1.807) is 0 Å². The van der Waals surface area contributed by atoms with Gasteiger partial charge in [0.2, 0.25) is 5.91 Å². The molecule has 4 nitrogen and oxygen atoms in total. The van der Waals surface area contributed by atoms with Crippen molar-refractivity contribution in [2.45, 2.75) is 26.8 Å². The lowest BCUT2D eigenvalue weighted by molar-refractivity contribution is -0.133. The monoisotopic (exact) mass is 347 g/mol. The minimum atomic E-state index is -0.375. The van der Waals surface area contributed by atoms with Crippen molar-refractivity contribution in [2.75, 3.05) is 31.1 Å². The number of para-hydroxylation sites is 1. The number of hydrogen-bond acceptors (Lipinski definition) is 3. The van der Waals surface area contributed by atoms with Gasteiger partial charge < -0.3 is 15.5 Å². The quantitative estimate of drug-likeness (QED) is 0.913. The van der Waals surface area contributed by atoms with Crippen LogP contribution in [0.15, 0.2) is 24.3 Å². The minimum absolute atomic E-state index is 0. The smallest absolute Gasteiger partial charge is 0.239 e. The summed E-state index contributed by atoms with van der Waals surface area (Å²) in [6.07, 6.45) is 0. The number of piperazine rings is 1. The zero-order chi connectivity index (χ0) is 14.7. The Hall–Kier alpha value is -0.970. The summed E-state index contributed by atoms with van der Waals surface area (Å²) in [5.74, 6) is 0.279. The second-order valence-electron chi connectivity index (χ2n) is 5.87. The second kappa shape index (κ2) is 9.23. The van der Waals surface area contributed by atoms with E-state index in [1.807, 2.05) is 18.7 Å². The van der Waals surface area contributed by atoms with Crippen LogP contribution in [0.2, 0.25) is 0 Å². The molecule has 1 aromatic carbocycles. The number of carbonyl (C=O) groups excluding carboxylic acids is 1. The van der Waals surface area contributed by atoms with E-state index in [0.29, 0.717) is 0 Å². The summed E-state index contributed by atoms with van der Waals surface area (Å²) in [5.41, 5.74) is 8.51. The van der Waals surface area contributed by atoms with Crippen molar-refractivity contribution < 1.29 is 4.79 Å². The van der Waals surface area contributed by atoms with Gasteiger partial charge >= 0.3 is 0 Å². The van der Waals surface area contributed by atoms with Crippen molar-refractivity contribution >= 4 is 36.4 Å². The van der Waals surface area contributed by atoms with Crippen LogP contribution in [0.25, 0.3) is 0 Å². The number of hydrogen-bond donors (Lipinski definition) is 1. The fraction of sp³-hybridized carbons (Fsp3) is 0.562. The van der Waals surface area contributed by atoms with Gasteiger partial charge in [-0.2, -0.15) is 0 Å². The van der Waals surface area contributed by atoms with Crippen molar-refractivity contribution in [1.29, 1.82) is 0 Å². The molecule has 0 radical (unpaired) electrons. The molecule has 0 bridgehead atoms. The van der Waals surface area contributed by atoms with Crippen molar-refractivity contribution in [3.05, 3.63) is 29.8 Å². The molecule has 0 spiro atoms. The van der Waals surface area contributed by atoms with Crippen LogP contribution < -0.4 is 10.6 Å². The van der Waals surface area contributed by atoms with E-state index in [2.05, 4.69) is 36.1 Å². The lowest BCUT2D eigenvalue weighted by atomic mass is 10.0. The lowest BCUT2D eigenvalue weighted by Crippen LogP contribution is -2.54. The minimum Gasteiger partial charge on any atom is -0.368 e. The number of anilines is 1. The molecular weight excluding hydrogens is 321 g/mol. The molecule has 2 rings (SSSR count). The van der Waals surface area contributed by atoms with Crippen LogP contribution >= 0.6 is 24.8 Å². The van der Waals surface area contributed by atoms with Crippen molar-refractivity contribution in [3.8, 4) is 0 Å². The van der Waals surface area contributed by atoms with Crippen LogP contribution in [-0.2, 0) is 4.79 Å². The molecule has 1 aromatic rings. The molecule has 1 aliphatic rings. The Morgan fingerprint density at radius 1 is 1.09 bits per heavy atom. The standard InChI is InChI=1S/C16H25N3O.2ClH/c1-12(2)15(17)16(20)19-10-8-18(9-11-19)14-7-5-4-6-13(14)3;;/h4-7,12,15H,8-11,17H2,1-3H3;2*1H. The molecule has 6 heteroatoms. The van der Waals surface area contributed by atoms with E-state index in [-0.39, 0.29) is 42.7 Å². The average molecular weight is 348 g/mol. The Balaban J connectivity index is 0.00000220. The maximum atomic E-state index is 12.2. The highest BCUT2D eigenvalue weighted by atomic mass is 35.5. The van der Waals surface area contributed by atoms with Crippen LogP contribution in [0.3, 0.4) is 0 Å². The highest BCUT2D eigenvalue weighted by Crippen LogP contribution is 2.21. The van der Waals surface area contributed by atoms with Gasteiger partial charge in [-0.05, 0) is 24.5 Å². The first-order valence-corrected chi connectivity index (χ1v) is 7.35. The molecule has 22 heavy (non-hydrogen) atoms. The molecule has 1 aliphatic heterocycles. The van der Waals surface area contributed by atoms with Crippen LogP contribution in [0.1, 0.15) is 19.4 Å². The first-order valence-electron chi connectivity index (χ1n) is 7.35. The van der Waals surface area contributed by atoms with Gasteiger partial charge in [-0.3, -0.25) is 4.79 Å². The van der Waals surface area contributed by atoms with E-state index in [9.17, 15) is 4.79 Å². The topological polar surface area (TPSA) is 49.6 Å². The van der Waals surface area contributed by atoms with E-state index in [4.69, 9.17) is 5.73 Å². The normalized spacial score (nSPS) is 15.9. The van der Waals surface area contributed by atoms with E-state index >= 15 is 0 Å². The molecular formula is C16H27Cl2N3O. The van der Waals surface area contributed by atoms with Crippen LogP contribution in [-0.4, -0.2) is 43.0 Å². The number of halogens is 2. The third-order valence-electron chi connectivity index (χ3n) is 4.05. The summed E-state index contributed by atoms with van der Waals surface area (Å²) in [6.45, 7) is 9.38. The number of benzene rings is 1. The Morgan fingerprint density at radius 3 is 2.14 bits per heavy atom. The first-order chi connectivity index (χ1) is 9.50. The first kappa shape index (κ1) is 21.0. The van der Waals surface area contributed by atoms with Gasteiger partial charge in [0.15, 0.2) is 0 Å². The molecule has 0 aromatic heterocycles. The zero-order valence-electron chi connectivity index (χ0n) is 13.5. The number of aryl methyl sites for hydroxylation is 1. The number of rotatable bonds is 3.